The summed E-state index contributed by atoms with van der Waals surface area (Å²) in [5, 5.41) is 4.95. The Hall–Kier alpha value is -3.17. The molecule has 32 heavy (non-hydrogen) atoms. The van der Waals surface area contributed by atoms with E-state index in [1.54, 1.807) is 37.4 Å². The number of methoxy groups -OCH3 is 1. The molecule has 0 fully saturated rings. The number of aryl methyl sites for hydroxylation is 1. The molecule has 0 saturated heterocycles. The van der Waals surface area contributed by atoms with Crippen molar-refractivity contribution in [3.8, 4) is 5.75 Å². The van der Waals surface area contributed by atoms with Crippen molar-refractivity contribution >= 4 is 50.3 Å². The maximum Gasteiger partial charge on any atom is 0.260 e. The SMILES string of the molecule is CCc1ccccc1N(CC(=O)N/N=C\c1cc2ccc(OC)cc2nc1Cl)S(C)(=O)=O. The Kier molecular flexibility index (Phi) is 7.32. The molecule has 0 spiro atoms. The standard InChI is InChI=1S/C22H23ClN4O4S/c1-4-15-7-5-6-8-20(15)27(32(3,29)30)14-21(28)26-24-13-17-11-16-9-10-18(31-2)12-19(16)25-22(17)23/h5-13H,4,14H2,1-3H3,(H,26,28)/b24-13-. The van der Waals surface area contributed by atoms with Crippen molar-refractivity contribution < 1.29 is 17.9 Å². The minimum Gasteiger partial charge on any atom is -0.497 e. The number of carbonyl (C=O) groups excluding carboxylic acids is 1. The summed E-state index contributed by atoms with van der Waals surface area (Å²) in [5.74, 6) is 0.0713. The number of hydrazone groups is 1. The highest BCUT2D eigenvalue weighted by Crippen LogP contribution is 2.24. The number of amides is 1. The van der Waals surface area contributed by atoms with Gasteiger partial charge in [0.2, 0.25) is 10.0 Å². The molecule has 3 rings (SSSR count). The summed E-state index contributed by atoms with van der Waals surface area (Å²) in [7, 11) is -2.11. The van der Waals surface area contributed by atoms with E-state index < -0.39 is 22.5 Å². The van der Waals surface area contributed by atoms with Crippen molar-refractivity contribution in [1.29, 1.82) is 0 Å². The molecule has 168 valence electrons. The second-order valence-corrected chi connectivity index (χ2v) is 9.24. The fourth-order valence-electron chi connectivity index (χ4n) is 3.13. The Morgan fingerprint density at radius 1 is 1.25 bits per heavy atom. The summed E-state index contributed by atoms with van der Waals surface area (Å²) >= 11 is 6.23. The van der Waals surface area contributed by atoms with Crippen LogP contribution in [0.15, 0.2) is 53.6 Å². The number of rotatable bonds is 8. The Morgan fingerprint density at radius 3 is 2.69 bits per heavy atom. The van der Waals surface area contributed by atoms with Crippen molar-refractivity contribution in [2.24, 2.45) is 5.10 Å². The van der Waals surface area contributed by atoms with E-state index in [1.165, 1.54) is 6.21 Å². The first kappa shape index (κ1) is 23.5. The molecule has 1 aromatic heterocycles. The van der Waals surface area contributed by atoms with Gasteiger partial charge in [0, 0.05) is 17.0 Å². The van der Waals surface area contributed by atoms with Crippen molar-refractivity contribution in [1.82, 2.24) is 10.4 Å². The number of para-hydroxylation sites is 1. The topological polar surface area (TPSA) is 101 Å². The molecule has 0 unspecified atom stereocenters. The zero-order chi connectivity index (χ0) is 23.3. The fourth-order valence-corrected chi connectivity index (χ4v) is 4.21. The van der Waals surface area contributed by atoms with Gasteiger partial charge in [0.25, 0.3) is 5.91 Å². The summed E-state index contributed by atoms with van der Waals surface area (Å²) in [4.78, 5) is 16.8. The second-order valence-electron chi connectivity index (χ2n) is 6.97. The first-order chi connectivity index (χ1) is 15.2. The Balaban J connectivity index is 1.76. The molecule has 1 heterocycles. The summed E-state index contributed by atoms with van der Waals surface area (Å²) in [6, 6.07) is 14.2. The molecule has 2 aromatic carbocycles. The first-order valence-electron chi connectivity index (χ1n) is 9.74. The lowest BCUT2D eigenvalue weighted by Crippen LogP contribution is -2.39. The molecule has 1 amide bonds. The average Bonchev–Trinajstić information content (AvgIpc) is 2.76. The molecular weight excluding hydrogens is 452 g/mol. The molecule has 1 N–H and O–H groups in total. The summed E-state index contributed by atoms with van der Waals surface area (Å²) in [6.07, 6.45) is 3.05. The van der Waals surface area contributed by atoms with Gasteiger partial charge >= 0.3 is 0 Å². The normalized spacial score (nSPS) is 11.6. The monoisotopic (exact) mass is 474 g/mol. The average molecular weight is 475 g/mol. The van der Waals surface area contributed by atoms with Gasteiger partial charge < -0.3 is 4.74 Å². The highest BCUT2D eigenvalue weighted by Gasteiger charge is 2.22. The number of sulfonamides is 1. The van der Waals surface area contributed by atoms with E-state index in [9.17, 15) is 13.2 Å². The van der Waals surface area contributed by atoms with Crippen LogP contribution in [-0.4, -0.2) is 45.4 Å². The van der Waals surface area contributed by atoms with Gasteiger partial charge in [-0.25, -0.2) is 18.8 Å². The molecule has 8 nitrogen and oxygen atoms in total. The van der Waals surface area contributed by atoms with Gasteiger partial charge in [0.1, 0.15) is 17.4 Å². The van der Waals surface area contributed by atoms with Crippen LogP contribution >= 0.6 is 11.6 Å². The van der Waals surface area contributed by atoms with E-state index in [1.807, 2.05) is 25.1 Å². The predicted octanol–water partition coefficient (Wildman–Crippen LogP) is 3.38. The number of nitrogens with one attached hydrogen (secondary N) is 1. The maximum absolute atomic E-state index is 12.4. The van der Waals surface area contributed by atoms with Crippen molar-refractivity contribution in [3.63, 3.8) is 0 Å². The van der Waals surface area contributed by atoms with Crippen molar-refractivity contribution in [3.05, 3.63) is 64.8 Å². The smallest absolute Gasteiger partial charge is 0.260 e. The molecule has 0 radical (unpaired) electrons. The van der Waals surface area contributed by atoms with Gasteiger partial charge in [-0.3, -0.25) is 9.10 Å². The Labute approximate surface area is 191 Å². The number of fused-ring (bicyclic) bond motifs is 1. The van der Waals surface area contributed by atoms with E-state index in [0.29, 0.717) is 28.9 Å². The minimum atomic E-state index is -3.68. The minimum absolute atomic E-state index is 0.207. The van der Waals surface area contributed by atoms with E-state index in [0.717, 1.165) is 21.5 Å². The van der Waals surface area contributed by atoms with Crippen LogP contribution in [0.3, 0.4) is 0 Å². The van der Waals surface area contributed by atoms with Crippen LogP contribution in [0.5, 0.6) is 5.75 Å². The van der Waals surface area contributed by atoms with Gasteiger partial charge in [0.05, 0.1) is 30.8 Å². The van der Waals surface area contributed by atoms with Crippen LogP contribution in [0.25, 0.3) is 10.9 Å². The number of nitrogens with zero attached hydrogens (tertiary/aromatic N) is 3. The van der Waals surface area contributed by atoms with E-state index in [4.69, 9.17) is 16.3 Å². The van der Waals surface area contributed by atoms with Gasteiger partial charge in [0.15, 0.2) is 0 Å². The first-order valence-corrected chi connectivity index (χ1v) is 12.0. The summed E-state index contributed by atoms with van der Waals surface area (Å²) in [6.45, 7) is 1.51. The molecule has 0 saturated carbocycles. The number of halogens is 1. The highest BCUT2D eigenvalue weighted by atomic mass is 35.5. The summed E-state index contributed by atoms with van der Waals surface area (Å²) < 4.78 is 30.9. The number of hydrogen-bond donors (Lipinski definition) is 1. The van der Waals surface area contributed by atoms with Crippen LogP contribution in [0.2, 0.25) is 5.15 Å². The van der Waals surface area contributed by atoms with E-state index in [2.05, 4.69) is 15.5 Å². The molecule has 0 atom stereocenters. The number of benzene rings is 2. The van der Waals surface area contributed by atoms with Crippen LogP contribution < -0.4 is 14.5 Å². The third-order valence-corrected chi connectivity index (χ3v) is 6.16. The lowest BCUT2D eigenvalue weighted by atomic mass is 10.1. The van der Waals surface area contributed by atoms with E-state index in [-0.39, 0.29) is 5.15 Å². The van der Waals surface area contributed by atoms with E-state index >= 15 is 0 Å². The zero-order valence-corrected chi connectivity index (χ0v) is 19.4. The van der Waals surface area contributed by atoms with Gasteiger partial charge in [-0.15, -0.1) is 0 Å². The number of hydrogen-bond acceptors (Lipinski definition) is 6. The summed E-state index contributed by atoms with van der Waals surface area (Å²) in [5.41, 5.74) is 4.80. The van der Waals surface area contributed by atoms with Gasteiger partial charge in [-0.2, -0.15) is 5.10 Å². The molecule has 0 aliphatic rings. The Morgan fingerprint density at radius 2 is 2.00 bits per heavy atom. The van der Waals surface area contributed by atoms with Crippen molar-refractivity contribution in [2.75, 3.05) is 24.2 Å². The number of anilines is 1. The highest BCUT2D eigenvalue weighted by molar-refractivity contribution is 7.92. The molecular formula is C22H23ClN4O4S. The van der Waals surface area contributed by atoms with Crippen LogP contribution in [0.4, 0.5) is 5.69 Å². The zero-order valence-electron chi connectivity index (χ0n) is 17.9. The number of ether oxygens (including phenoxy) is 1. The van der Waals surface area contributed by atoms with Gasteiger partial charge in [-0.05, 0) is 36.2 Å². The second kappa shape index (κ2) is 9.97. The van der Waals surface area contributed by atoms with Gasteiger partial charge in [-0.1, -0.05) is 36.7 Å². The lowest BCUT2D eigenvalue weighted by Gasteiger charge is -2.23. The quantitative estimate of drug-likeness (QED) is 0.306. The van der Waals surface area contributed by atoms with Crippen LogP contribution in [0.1, 0.15) is 18.1 Å². The number of aromatic nitrogens is 1. The third kappa shape index (κ3) is 5.54. The molecule has 0 aliphatic heterocycles. The van der Waals surface area contributed by atoms with Crippen LogP contribution in [-0.2, 0) is 21.2 Å². The molecule has 0 bridgehead atoms. The van der Waals surface area contributed by atoms with Crippen molar-refractivity contribution in [2.45, 2.75) is 13.3 Å². The third-order valence-electron chi connectivity index (χ3n) is 4.73. The molecule has 10 heteroatoms. The Bertz CT molecular complexity index is 1280. The number of pyridine rings is 1. The molecule has 0 aliphatic carbocycles. The van der Waals surface area contributed by atoms with Crippen LogP contribution in [0, 0.1) is 0 Å². The largest absolute Gasteiger partial charge is 0.497 e. The lowest BCUT2D eigenvalue weighted by molar-refractivity contribution is -0.119. The number of carbonyl (C=O) groups is 1. The maximum atomic E-state index is 12.4. The predicted molar refractivity (Wildman–Crippen MR) is 127 cm³/mol. The molecule has 3 aromatic rings. The fraction of sp³-hybridized carbons (Fsp3) is 0.227.